The SMILES string of the molecule is COc1ccccc1CNC(=O)c1ccc2c(=O)n(C3CCCCC3)c(=S)[nH]c2c1. The van der Waals surface area contributed by atoms with Crippen LogP contribution in [0.5, 0.6) is 5.75 Å². The van der Waals surface area contributed by atoms with Crippen molar-refractivity contribution in [2.75, 3.05) is 7.11 Å². The number of carbonyl (C=O) groups is 1. The Kier molecular flexibility index (Phi) is 5.99. The fourth-order valence-corrected chi connectivity index (χ4v) is 4.51. The molecule has 1 aromatic heterocycles. The van der Waals surface area contributed by atoms with Crippen molar-refractivity contribution in [2.45, 2.75) is 44.7 Å². The number of hydrogen-bond acceptors (Lipinski definition) is 4. The topological polar surface area (TPSA) is 76.1 Å². The van der Waals surface area contributed by atoms with Crippen molar-refractivity contribution in [3.63, 3.8) is 0 Å². The molecular formula is C23H25N3O3S. The number of H-pyrrole nitrogens is 1. The minimum Gasteiger partial charge on any atom is -0.496 e. The summed E-state index contributed by atoms with van der Waals surface area (Å²) in [5.41, 5.74) is 1.87. The zero-order valence-corrected chi connectivity index (χ0v) is 17.8. The van der Waals surface area contributed by atoms with Crippen LogP contribution in [0.1, 0.15) is 54.1 Å². The number of aromatic amines is 1. The van der Waals surface area contributed by atoms with Gasteiger partial charge in [0.2, 0.25) is 0 Å². The van der Waals surface area contributed by atoms with Crippen molar-refractivity contribution in [2.24, 2.45) is 0 Å². The maximum absolute atomic E-state index is 13.1. The predicted octanol–water partition coefficient (Wildman–Crippen LogP) is 4.50. The molecular weight excluding hydrogens is 398 g/mol. The highest BCUT2D eigenvalue weighted by atomic mass is 32.1. The molecule has 0 saturated heterocycles. The first kappa shape index (κ1) is 20.3. The Morgan fingerprint density at radius 2 is 1.97 bits per heavy atom. The van der Waals surface area contributed by atoms with E-state index in [4.69, 9.17) is 17.0 Å². The molecule has 2 aromatic carbocycles. The highest BCUT2D eigenvalue weighted by Gasteiger charge is 2.19. The van der Waals surface area contributed by atoms with Gasteiger partial charge in [-0.05, 0) is 49.3 Å². The summed E-state index contributed by atoms with van der Waals surface area (Å²) in [6, 6.07) is 12.8. The molecule has 1 fully saturated rings. The number of carbonyl (C=O) groups excluding carboxylic acids is 1. The van der Waals surface area contributed by atoms with Gasteiger partial charge < -0.3 is 15.0 Å². The summed E-state index contributed by atoms with van der Waals surface area (Å²) in [7, 11) is 1.60. The average Bonchev–Trinajstić information content (AvgIpc) is 2.78. The smallest absolute Gasteiger partial charge is 0.262 e. The molecule has 1 amide bonds. The lowest BCUT2D eigenvalue weighted by atomic mass is 9.95. The fraction of sp³-hybridized carbons (Fsp3) is 0.348. The minimum atomic E-state index is -0.224. The lowest BCUT2D eigenvalue weighted by Crippen LogP contribution is -2.28. The van der Waals surface area contributed by atoms with E-state index in [0.29, 0.717) is 27.8 Å². The molecule has 1 saturated carbocycles. The molecule has 156 valence electrons. The predicted molar refractivity (Wildman–Crippen MR) is 120 cm³/mol. The van der Waals surface area contributed by atoms with Crippen LogP contribution in [0.4, 0.5) is 0 Å². The molecule has 1 aliphatic carbocycles. The van der Waals surface area contributed by atoms with Crippen molar-refractivity contribution in [3.8, 4) is 5.75 Å². The van der Waals surface area contributed by atoms with E-state index in [1.165, 1.54) is 6.42 Å². The summed E-state index contributed by atoms with van der Waals surface area (Å²) >= 11 is 5.49. The van der Waals surface area contributed by atoms with Crippen molar-refractivity contribution in [1.82, 2.24) is 14.9 Å². The van der Waals surface area contributed by atoms with Gasteiger partial charge in [0.05, 0.1) is 18.0 Å². The molecule has 0 spiro atoms. The van der Waals surface area contributed by atoms with Crippen molar-refractivity contribution >= 4 is 29.0 Å². The van der Waals surface area contributed by atoms with Gasteiger partial charge in [0, 0.05) is 23.7 Å². The van der Waals surface area contributed by atoms with E-state index in [-0.39, 0.29) is 17.5 Å². The van der Waals surface area contributed by atoms with Gasteiger partial charge in [0.1, 0.15) is 5.75 Å². The van der Waals surface area contributed by atoms with E-state index < -0.39 is 0 Å². The third kappa shape index (κ3) is 4.03. The van der Waals surface area contributed by atoms with Crippen LogP contribution >= 0.6 is 12.2 Å². The van der Waals surface area contributed by atoms with Gasteiger partial charge in [-0.15, -0.1) is 0 Å². The third-order valence-electron chi connectivity index (χ3n) is 5.76. The number of benzene rings is 2. The van der Waals surface area contributed by atoms with Crippen molar-refractivity contribution < 1.29 is 9.53 Å². The molecule has 0 radical (unpaired) electrons. The Balaban J connectivity index is 1.59. The van der Waals surface area contributed by atoms with Gasteiger partial charge in [-0.1, -0.05) is 37.5 Å². The molecule has 7 heteroatoms. The van der Waals surface area contributed by atoms with Crippen LogP contribution in [0.3, 0.4) is 0 Å². The summed E-state index contributed by atoms with van der Waals surface area (Å²) in [6.45, 7) is 0.347. The standard InChI is InChI=1S/C23H25N3O3S/c1-29-20-10-6-5-7-16(20)14-24-21(27)15-11-12-18-19(13-15)25-23(30)26(22(18)28)17-8-3-2-4-9-17/h5-7,10-13,17H,2-4,8-9,14H2,1H3,(H,24,27)(H,25,30). The second-order valence-corrected chi connectivity index (χ2v) is 8.04. The van der Waals surface area contributed by atoms with E-state index in [0.717, 1.165) is 37.0 Å². The summed E-state index contributed by atoms with van der Waals surface area (Å²) in [5.74, 6) is 0.502. The lowest BCUT2D eigenvalue weighted by Gasteiger charge is -2.24. The summed E-state index contributed by atoms with van der Waals surface area (Å²) in [6.07, 6.45) is 5.41. The molecule has 6 nitrogen and oxygen atoms in total. The molecule has 0 atom stereocenters. The summed E-state index contributed by atoms with van der Waals surface area (Å²) in [5, 5.41) is 3.46. The van der Waals surface area contributed by atoms with Gasteiger partial charge in [0.25, 0.3) is 11.5 Å². The van der Waals surface area contributed by atoms with Crippen LogP contribution in [-0.4, -0.2) is 22.6 Å². The van der Waals surface area contributed by atoms with Crippen LogP contribution in [0.2, 0.25) is 0 Å². The molecule has 2 N–H and O–H groups in total. The number of methoxy groups -OCH3 is 1. The Morgan fingerprint density at radius 1 is 1.20 bits per heavy atom. The molecule has 0 aliphatic heterocycles. The average molecular weight is 424 g/mol. The Morgan fingerprint density at radius 3 is 2.73 bits per heavy atom. The Labute approximate surface area is 179 Å². The van der Waals surface area contributed by atoms with E-state index >= 15 is 0 Å². The lowest BCUT2D eigenvalue weighted by molar-refractivity contribution is 0.0951. The van der Waals surface area contributed by atoms with Gasteiger partial charge in [-0.2, -0.15) is 0 Å². The second-order valence-electron chi connectivity index (χ2n) is 7.65. The largest absolute Gasteiger partial charge is 0.496 e. The highest BCUT2D eigenvalue weighted by molar-refractivity contribution is 7.71. The Hall–Kier alpha value is -2.93. The highest BCUT2D eigenvalue weighted by Crippen LogP contribution is 2.27. The summed E-state index contributed by atoms with van der Waals surface area (Å²) in [4.78, 5) is 28.9. The van der Waals surface area contributed by atoms with Crippen LogP contribution in [0.15, 0.2) is 47.3 Å². The molecule has 1 aliphatic rings. The molecule has 3 aromatic rings. The van der Waals surface area contributed by atoms with Crippen molar-refractivity contribution in [3.05, 3.63) is 68.7 Å². The van der Waals surface area contributed by atoms with Crippen LogP contribution in [0, 0.1) is 4.77 Å². The number of para-hydroxylation sites is 1. The van der Waals surface area contributed by atoms with Gasteiger partial charge in [-0.25, -0.2) is 0 Å². The molecule has 1 heterocycles. The number of aromatic nitrogens is 2. The third-order valence-corrected chi connectivity index (χ3v) is 6.06. The number of amides is 1. The van der Waals surface area contributed by atoms with Gasteiger partial charge in [-0.3, -0.25) is 14.2 Å². The number of fused-ring (bicyclic) bond motifs is 1. The number of rotatable bonds is 5. The maximum Gasteiger partial charge on any atom is 0.262 e. The quantitative estimate of drug-likeness (QED) is 0.593. The fourth-order valence-electron chi connectivity index (χ4n) is 4.17. The van der Waals surface area contributed by atoms with E-state index in [2.05, 4.69) is 10.3 Å². The maximum atomic E-state index is 13.1. The second kappa shape index (κ2) is 8.83. The zero-order valence-electron chi connectivity index (χ0n) is 16.9. The first-order valence-corrected chi connectivity index (χ1v) is 10.7. The Bertz CT molecular complexity index is 1190. The zero-order chi connectivity index (χ0) is 21.1. The van der Waals surface area contributed by atoms with Crippen LogP contribution in [-0.2, 0) is 6.54 Å². The van der Waals surface area contributed by atoms with E-state index in [1.54, 1.807) is 29.9 Å². The number of ether oxygens (including phenoxy) is 1. The molecule has 30 heavy (non-hydrogen) atoms. The van der Waals surface area contributed by atoms with E-state index in [9.17, 15) is 9.59 Å². The number of nitrogens with zero attached hydrogens (tertiary/aromatic N) is 1. The summed E-state index contributed by atoms with van der Waals surface area (Å²) < 4.78 is 7.47. The van der Waals surface area contributed by atoms with Crippen molar-refractivity contribution in [1.29, 1.82) is 0 Å². The minimum absolute atomic E-state index is 0.0818. The van der Waals surface area contributed by atoms with E-state index in [1.807, 2.05) is 24.3 Å². The molecule has 0 bridgehead atoms. The van der Waals surface area contributed by atoms with Crippen LogP contribution < -0.4 is 15.6 Å². The normalized spacial score (nSPS) is 14.6. The molecule has 0 unspecified atom stereocenters. The van der Waals surface area contributed by atoms with Crippen LogP contribution in [0.25, 0.3) is 10.9 Å². The number of hydrogen-bond donors (Lipinski definition) is 2. The number of nitrogens with one attached hydrogen (secondary N) is 2. The van der Waals surface area contributed by atoms with Gasteiger partial charge in [0.15, 0.2) is 4.77 Å². The first-order chi connectivity index (χ1) is 14.6. The van der Waals surface area contributed by atoms with Gasteiger partial charge >= 0.3 is 0 Å². The first-order valence-electron chi connectivity index (χ1n) is 10.3. The monoisotopic (exact) mass is 423 g/mol. The molecule has 4 rings (SSSR count).